The van der Waals surface area contributed by atoms with E-state index < -0.39 is 0 Å². The summed E-state index contributed by atoms with van der Waals surface area (Å²) in [5, 5.41) is 9.53. The van der Waals surface area contributed by atoms with Gasteiger partial charge in [-0.05, 0) is 42.8 Å². The van der Waals surface area contributed by atoms with E-state index in [4.69, 9.17) is 5.41 Å². The zero-order valence-corrected chi connectivity index (χ0v) is 16.8. The van der Waals surface area contributed by atoms with Crippen molar-refractivity contribution in [2.45, 2.75) is 20.0 Å². The second kappa shape index (κ2) is 6.69. The van der Waals surface area contributed by atoms with Gasteiger partial charge in [-0.15, -0.1) is 0 Å². The zero-order chi connectivity index (χ0) is 21.0. The van der Waals surface area contributed by atoms with Gasteiger partial charge in [0.1, 0.15) is 17.0 Å². The molecule has 0 atom stereocenters. The SMILES string of the molecule is Cc1cn(-c2ccc3n(c2=N)CCN(Cc2cn(C)c4cc(F)ccc24)C3=O)cn1. The third-order valence-corrected chi connectivity index (χ3v) is 5.69. The quantitative estimate of drug-likeness (QED) is 0.570. The minimum Gasteiger partial charge on any atom is -0.350 e. The Labute approximate surface area is 172 Å². The Bertz CT molecular complexity index is 1360. The van der Waals surface area contributed by atoms with Crippen molar-refractivity contribution in [1.29, 1.82) is 5.41 Å². The van der Waals surface area contributed by atoms with Gasteiger partial charge in [0, 0.05) is 44.5 Å². The number of fused-ring (bicyclic) bond motifs is 2. The van der Waals surface area contributed by atoms with E-state index in [-0.39, 0.29) is 11.7 Å². The molecule has 0 spiro atoms. The largest absolute Gasteiger partial charge is 0.350 e. The molecule has 0 radical (unpaired) electrons. The molecule has 0 unspecified atom stereocenters. The van der Waals surface area contributed by atoms with Crippen LogP contribution in [-0.2, 0) is 20.1 Å². The standard InChI is InChI=1S/C22H21FN6O/c1-14-10-28(13-25-14)18-5-6-19-22(30)27(7-8-29(19)21(18)24)12-15-11-26(2)20-9-16(23)3-4-17(15)20/h3-6,9-11,13,24H,7-8,12H2,1-2H3. The first-order chi connectivity index (χ1) is 14.4. The number of hydrogen-bond donors (Lipinski definition) is 1. The van der Waals surface area contributed by atoms with Crippen LogP contribution in [0.2, 0.25) is 0 Å². The monoisotopic (exact) mass is 404 g/mol. The molecule has 0 saturated heterocycles. The third-order valence-electron chi connectivity index (χ3n) is 5.69. The summed E-state index contributed by atoms with van der Waals surface area (Å²) in [5.41, 5.74) is 4.13. The maximum absolute atomic E-state index is 13.6. The highest BCUT2D eigenvalue weighted by Gasteiger charge is 2.26. The lowest BCUT2D eigenvalue weighted by atomic mass is 10.1. The van der Waals surface area contributed by atoms with Crippen LogP contribution in [0, 0.1) is 18.2 Å². The molecular formula is C22H21FN6O. The highest BCUT2D eigenvalue weighted by atomic mass is 19.1. The van der Waals surface area contributed by atoms with Gasteiger partial charge in [-0.1, -0.05) is 0 Å². The van der Waals surface area contributed by atoms with Crippen molar-refractivity contribution in [3.8, 4) is 5.69 Å². The van der Waals surface area contributed by atoms with Crippen LogP contribution in [0.15, 0.2) is 49.1 Å². The van der Waals surface area contributed by atoms with E-state index in [1.807, 2.05) is 30.9 Å². The number of aryl methyl sites for hydroxylation is 2. The van der Waals surface area contributed by atoms with Gasteiger partial charge < -0.3 is 18.6 Å². The molecule has 1 aromatic carbocycles. The Kier molecular flexibility index (Phi) is 4.09. The van der Waals surface area contributed by atoms with Gasteiger partial charge in [0.25, 0.3) is 5.91 Å². The number of amides is 1. The fourth-order valence-electron chi connectivity index (χ4n) is 4.17. The maximum Gasteiger partial charge on any atom is 0.270 e. The van der Waals surface area contributed by atoms with Crippen LogP contribution < -0.4 is 5.49 Å². The molecule has 0 aliphatic carbocycles. The van der Waals surface area contributed by atoms with Crippen molar-refractivity contribution in [3.05, 3.63) is 77.3 Å². The first-order valence-corrected chi connectivity index (χ1v) is 9.74. The molecule has 4 heterocycles. The Morgan fingerprint density at radius 2 is 2.00 bits per heavy atom. The molecule has 3 aromatic heterocycles. The van der Waals surface area contributed by atoms with Crippen LogP contribution >= 0.6 is 0 Å². The second-order valence-electron chi connectivity index (χ2n) is 7.68. The van der Waals surface area contributed by atoms with E-state index in [0.29, 0.717) is 36.5 Å². The minimum absolute atomic E-state index is 0.109. The van der Waals surface area contributed by atoms with E-state index in [9.17, 15) is 9.18 Å². The number of carbonyl (C=O) groups excluding carboxylic acids is 1. The first-order valence-electron chi connectivity index (χ1n) is 9.74. The smallest absolute Gasteiger partial charge is 0.270 e. The van der Waals surface area contributed by atoms with Crippen LogP contribution in [-0.4, -0.2) is 36.0 Å². The average molecular weight is 404 g/mol. The summed E-state index contributed by atoms with van der Waals surface area (Å²) in [7, 11) is 1.88. The predicted octanol–water partition coefficient (Wildman–Crippen LogP) is 2.75. The Morgan fingerprint density at radius 1 is 1.17 bits per heavy atom. The number of hydrogen-bond acceptors (Lipinski definition) is 3. The van der Waals surface area contributed by atoms with Crippen molar-refractivity contribution < 1.29 is 9.18 Å². The number of pyridine rings is 1. The summed E-state index contributed by atoms with van der Waals surface area (Å²) in [5.74, 6) is -0.385. The van der Waals surface area contributed by atoms with Crippen LogP contribution in [0.4, 0.5) is 4.39 Å². The number of nitrogens with one attached hydrogen (secondary N) is 1. The van der Waals surface area contributed by atoms with Crippen LogP contribution in [0.1, 0.15) is 21.7 Å². The van der Waals surface area contributed by atoms with E-state index >= 15 is 0 Å². The maximum atomic E-state index is 13.6. The molecule has 1 N–H and O–H groups in total. The average Bonchev–Trinajstić information content (AvgIpc) is 3.28. The molecule has 4 aromatic rings. The Balaban J connectivity index is 1.48. The molecular weight excluding hydrogens is 383 g/mol. The molecule has 5 rings (SSSR count). The van der Waals surface area contributed by atoms with Crippen molar-refractivity contribution in [2.75, 3.05) is 6.54 Å². The number of carbonyl (C=O) groups is 1. The van der Waals surface area contributed by atoms with Crippen LogP contribution in [0.3, 0.4) is 0 Å². The lowest BCUT2D eigenvalue weighted by molar-refractivity contribution is 0.0686. The summed E-state index contributed by atoms with van der Waals surface area (Å²) >= 11 is 0. The van der Waals surface area contributed by atoms with Gasteiger partial charge in [-0.2, -0.15) is 0 Å². The fraction of sp³-hybridized carbons (Fsp3) is 0.227. The topological polar surface area (TPSA) is 71.8 Å². The summed E-state index contributed by atoms with van der Waals surface area (Å²) < 4.78 is 19.0. The van der Waals surface area contributed by atoms with E-state index in [1.165, 1.54) is 12.1 Å². The Hall–Kier alpha value is -3.68. The summed E-state index contributed by atoms with van der Waals surface area (Å²) in [6.07, 6.45) is 5.48. The molecule has 7 nitrogen and oxygen atoms in total. The van der Waals surface area contributed by atoms with Gasteiger partial charge in [0.15, 0.2) is 0 Å². The molecule has 0 saturated carbocycles. The van der Waals surface area contributed by atoms with Crippen LogP contribution in [0.25, 0.3) is 16.6 Å². The molecule has 152 valence electrons. The van der Waals surface area contributed by atoms with Crippen molar-refractivity contribution in [2.24, 2.45) is 7.05 Å². The number of halogens is 1. The van der Waals surface area contributed by atoms with Gasteiger partial charge in [-0.3, -0.25) is 10.2 Å². The van der Waals surface area contributed by atoms with E-state index in [2.05, 4.69) is 4.98 Å². The molecule has 0 bridgehead atoms. The Morgan fingerprint density at radius 3 is 2.77 bits per heavy atom. The van der Waals surface area contributed by atoms with Crippen molar-refractivity contribution in [1.82, 2.24) is 23.6 Å². The number of nitrogens with zero attached hydrogens (tertiary/aromatic N) is 5. The number of rotatable bonds is 3. The summed E-state index contributed by atoms with van der Waals surface area (Å²) in [6.45, 7) is 3.39. The molecule has 8 heteroatoms. The minimum atomic E-state index is -0.276. The molecule has 1 aliphatic heterocycles. The lowest BCUT2D eigenvalue weighted by Crippen LogP contribution is -2.44. The second-order valence-corrected chi connectivity index (χ2v) is 7.68. The van der Waals surface area contributed by atoms with Gasteiger partial charge >= 0.3 is 0 Å². The molecule has 1 amide bonds. The van der Waals surface area contributed by atoms with Gasteiger partial charge in [0.05, 0.1) is 23.2 Å². The lowest BCUT2D eigenvalue weighted by Gasteiger charge is -2.30. The summed E-state index contributed by atoms with van der Waals surface area (Å²) in [4.78, 5) is 19.2. The highest BCUT2D eigenvalue weighted by molar-refractivity contribution is 5.94. The fourth-order valence-corrected chi connectivity index (χ4v) is 4.17. The molecule has 1 aliphatic rings. The zero-order valence-electron chi connectivity index (χ0n) is 16.8. The van der Waals surface area contributed by atoms with Gasteiger partial charge in [0.2, 0.25) is 0 Å². The van der Waals surface area contributed by atoms with Crippen LogP contribution in [0.5, 0.6) is 0 Å². The number of imidazole rings is 1. The summed E-state index contributed by atoms with van der Waals surface area (Å²) in [6, 6.07) is 8.28. The van der Waals surface area contributed by atoms with Gasteiger partial charge in [-0.25, -0.2) is 9.37 Å². The number of benzene rings is 1. The normalized spacial score (nSPS) is 13.8. The third kappa shape index (κ3) is 2.83. The van der Waals surface area contributed by atoms with Crippen molar-refractivity contribution >= 4 is 16.8 Å². The van der Waals surface area contributed by atoms with E-state index in [1.54, 1.807) is 38.6 Å². The molecule has 30 heavy (non-hydrogen) atoms. The molecule has 0 fully saturated rings. The first kappa shape index (κ1) is 18.4. The highest BCUT2D eigenvalue weighted by Crippen LogP contribution is 2.24. The van der Waals surface area contributed by atoms with Crippen molar-refractivity contribution in [3.63, 3.8) is 0 Å². The number of aromatic nitrogens is 4. The van der Waals surface area contributed by atoms with E-state index in [0.717, 1.165) is 22.2 Å². The predicted molar refractivity (Wildman–Crippen MR) is 110 cm³/mol.